The van der Waals surface area contributed by atoms with Gasteiger partial charge in [0, 0.05) is 12.6 Å². The first-order valence-corrected chi connectivity index (χ1v) is 4.47. The van der Waals surface area contributed by atoms with E-state index in [0.717, 1.165) is 5.56 Å². The smallest absolute Gasteiger partial charge is 0.254 e. The second kappa shape index (κ2) is 3.31. The van der Waals surface area contributed by atoms with Crippen molar-refractivity contribution in [2.75, 3.05) is 13.7 Å². The number of ether oxygens (including phenoxy) is 1. The van der Waals surface area contributed by atoms with Crippen molar-refractivity contribution >= 4 is 5.91 Å². The van der Waals surface area contributed by atoms with Crippen molar-refractivity contribution in [1.82, 2.24) is 5.32 Å². The molecule has 1 atom stereocenters. The van der Waals surface area contributed by atoms with Crippen molar-refractivity contribution in [3.8, 4) is 5.75 Å². The number of carbonyl (C=O) groups excluding carboxylic acids is 1. The first-order chi connectivity index (χ1) is 6.74. The summed E-state index contributed by atoms with van der Waals surface area (Å²) in [4.78, 5) is 11.4. The zero-order valence-electron chi connectivity index (χ0n) is 7.91. The Labute approximate surface area is 82.1 Å². The van der Waals surface area contributed by atoms with Crippen LogP contribution in [0.25, 0.3) is 0 Å². The predicted molar refractivity (Wildman–Crippen MR) is 52.3 cm³/mol. The molecule has 0 aromatic heterocycles. The van der Waals surface area contributed by atoms with Crippen molar-refractivity contribution in [2.24, 2.45) is 5.73 Å². The van der Waals surface area contributed by atoms with Crippen LogP contribution in [0.5, 0.6) is 5.75 Å². The summed E-state index contributed by atoms with van der Waals surface area (Å²) in [7, 11) is 1.59. The predicted octanol–water partition coefficient (Wildman–Crippen LogP) is 0.438. The maximum absolute atomic E-state index is 11.4. The number of fused-ring (bicyclic) bond motifs is 1. The zero-order valence-corrected chi connectivity index (χ0v) is 7.91. The van der Waals surface area contributed by atoms with E-state index in [-0.39, 0.29) is 11.9 Å². The molecule has 14 heavy (non-hydrogen) atoms. The summed E-state index contributed by atoms with van der Waals surface area (Å²) in [6, 6.07) is 5.32. The third-order valence-electron chi connectivity index (χ3n) is 2.32. The minimum Gasteiger partial charge on any atom is -0.490 e. The van der Waals surface area contributed by atoms with Gasteiger partial charge in [0.2, 0.25) is 0 Å². The third kappa shape index (κ3) is 1.24. The van der Waals surface area contributed by atoms with Crippen molar-refractivity contribution in [2.45, 2.75) is 6.04 Å². The van der Waals surface area contributed by atoms with Crippen LogP contribution in [-0.2, 0) is 0 Å². The van der Waals surface area contributed by atoms with Gasteiger partial charge in [-0.3, -0.25) is 4.79 Å². The Hall–Kier alpha value is -1.55. The highest BCUT2D eigenvalue weighted by Gasteiger charge is 2.25. The molecule has 3 N–H and O–H groups in total. The summed E-state index contributed by atoms with van der Waals surface area (Å²) in [6.45, 7) is 0.448. The number of benzene rings is 1. The molecule has 4 heteroatoms. The van der Waals surface area contributed by atoms with Gasteiger partial charge in [-0.1, -0.05) is 12.1 Å². The fraction of sp³-hybridized carbons (Fsp3) is 0.300. The fourth-order valence-corrected chi connectivity index (χ4v) is 1.58. The van der Waals surface area contributed by atoms with Crippen LogP contribution < -0.4 is 15.8 Å². The lowest BCUT2D eigenvalue weighted by molar-refractivity contribution is 0.0960. The van der Waals surface area contributed by atoms with E-state index in [9.17, 15) is 4.79 Å². The van der Waals surface area contributed by atoms with Crippen LogP contribution in [0.4, 0.5) is 0 Å². The molecule has 1 aromatic carbocycles. The Balaban J connectivity index is 2.49. The number of rotatable bonds is 1. The Bertz CT molecular complexity index is 376. The lowest BCUT2D eigenvalue weighted by Gasteiger charge is -2.05. The first-order valence-electron chi connectivity index (χ1n) is 4.47. The SMILES string of the molecule is CNC(=O)c1cccc2c1OCC2N. The van der Waals surface area contributed by atoms with Crippen molar-refractivity contribution in [3.63, 3.8) is 0 Å². The van der Waals surface area contributed by atoms with Gasteiger partial charge in [-0.15, -0.1) is 0 Å². The van der Waals surface area contributed by atoms with E-state index in [2.05, 4.69) is 5.32 Å². The molecule has 0 saturated carbocycles. The molecule has 74 valence electrons. The average Bonchev–Trinajstić information content (AvgIpc) is 2.59. The highest BCUT2D eigenvalue weighted by molar-refractivity contribution is 5.97. The largest absolute Gasteiger partial charge is 0.490 e. The second-order valence-corrected chi connectivity index (χ2v) is 3.22. The Morgan fingerprint density at radius 2 is 2.43 bits per heavy atom. The molecule has 2 rings (SSSR count). The number of amides is 1. The zero-order chi connectivity index (χ0) is 10.1. The van der Waals surface area contributed by atoms with Gasteiger partial charge >= 0.3 is 0 Å². The summed E-state index contributed by atoms with van der Waals surface area (Å²) in [5, 5.41) is 2.57. The maximum Gasteiger partial charge on any atom is 0.254 e. The van der Waals surface area contributed by atoms with E-state index < -0.39 is 0 Å². The molecule has 0 radical (unpaired) electrons. The summed E-state index contributed by atoms with van der Waals surface area (Å²) < 4.78 is 5.38. The quantitative estimate of drug-likeness (QED) is 0.678. The minimum absolute atomic E-state index is 0.116. The number of hydrogen-bond acceptors (Lipinski definition) is 3. The number of nitrogens with two attached hydrogens (primary N) is 1. The van der Waals surface area contributed by atoms with Crippen LogP contribution in [0.15, 0.2) is 18.2 Å². The van der Waals surface area contributed by atoms with Gasteiger partial charge in [0.15, 0.2) is 0 Å². The highest BCUT2D eigenvalue weighted by atomic mass is 16.5. The van der Waals surface area contributed by atoms with Crippen LogP contribution in [0.3, 0.4) is 0 Å². The van der Waals surface area contributed by atoms with Gasteiger partial charge < -0.3 is 15.8 Å². The molecule has 1 aliphatic heterocycles. The number of para-hydroxylation sites is 1. The van der Waals surface area contributed by atoms with E-state index in [4.69, 9.17) is 10.5 Å². The van der Waals surface area contributed by atoms with Gasteiger partial charge in [-0.05, 0) is 6.07 Å². The maximum atomic E-state index is 11.4. The molecule has 0 spiro atoms. The first kappa shape index (κ1) is 9.02. The molecule has 1 amide bonds. The molecular formula is C10H12N2O2. The van der Waals surface area contributed by atoms with Gasteiger partial charge in [0.1, 0.15) is 12.4 Å². The van der Waals surface area contributed by atoms with Gasteiger partial charge in [-0.2, -0.15) is 0 Å². The van der Waals surface area contributed by atoms with Crippen LogP contribution in [0, 0.1) is 0 Å². The van der Waals surface area contributed by atoms with Crippen molar-refractivity contribution in [3.05, 3.63) is 29.3 Å². The Morgan fingerprint density at radius 1 is 1.64 bits per heavy atom. The monoisotopic (exact) mass is 192 g/mol. The average molecular weight is 192 g/mol. The standard InChI is InChI=1S/C10H12N2O2/c1-12-10(13)7-4-2-3-6-8(11)5-14-9(6)7/h2-4,8H,5,11H2,1H3,(H,12,13). The van der Waals surface area contributed by atoms with Gasteiger partial charge in [-0.25, -0.2) is 0 Å². The molecular weight excluding hydrogens is 180 g/mol. The Kier molecular flexibility index (Phi) is 2.13. The van der Waals surface area contributed by atoms with Gasteiger partial charge in [0.25, 0.3) is 5.91 Å². The third-order valence-corrected chi connectivity index (χ3v) is 2.32. The molecule has 1 aromatic rings. The van der Waals surface area contributed by atoms with E-state index in [1.807, 2.05) is 12.1 Å². The van der Waals surface area contributed by atoms with E-state index >= 15 is 0 Å². The van der Waals surface area contributed by atoms with Gasteiger partial charge in [0.05, 0.1) is 11.6 Å². The topological polar surface area (TPSA) is 64.3 Å². The van der Waals surface area contributed by atoms with E-state index in [0.29, 0.717) is 17.9 Å². The van der Waals surface area contributed by atoms with Crippen LogP contribution >= 0.6 is 0 Å². The van der Waals surface area contributed by atoms with E-state index in [1.54, 1.807) is 13.1 Å². The summed E-state index contributed by atoms with van der Waals surface area (Å²) >= 11 is 0. The Morgan fingerprint density at radius 3 is 3.14 bits per heavy atom. The molecule has 0 saturated heterocycles. The lowest BCUT2D eigenvalue weighted by atomic mass is 10.1. The molecule has 0 bridgehead atoms. The fourth-order valence-electron chi connectivity index (χ4n) is 1.58. The van der Waals surface area contributed by atoms with Crippen LogP contribution in [-0.4, -0.2) is 19.6 Å². The molecule has 1 heterocycles. The molecule has 0 fully saturated rings. The number of hydrogen-bond donors (Lipinski definition) is 2. The number of carbonyl (C=O) groups is 1. The minimum atomic E-state index is -0.143. The summed E-state index contributed by atoms with van der Waals surface area (Å²) in [6.07, 6.45) is 0. The van der Waals surface area contributed by atoms with E-state index in [1.165, 1.54) is 0 Å². The van der Waals surface area contributed by atoms with Crippen molar-refractivity contribution < 1.29 is 9.53 Å². The second-order valence-electron chi connectivity index (χ2n) is 3.22. The normalized spacial score (nSPS) is 18.6. The number of nitrogens with one attached hydrogen (secondary N) is 1. The highest BCUT2D eigenvalue weighted by Crippen LogP contribution is 2.33. The molecule has 1 aliphatic rings. The van der Waals surface area contributed by atoms with Crippen LogP contribution in [0.1, 0.15) is 22.0 Å². The lowest BCUT2D eigenvalue weighted by Crippen LogP contribution is -2.18. The van der Waals surface area contributed by atoms with Crippen LogP contribution in [0.2, 0.25) is 0 Å². The molecule has 1 unspecified atom stereocenters. The summed E-state index contributed by atoms with van der Waals surface area (Å²) in [5.74, 6) is 0.482. The van der Waals surface area contributed by atoms with Crippen molar-refractivity contribution in [1.29, 1.82) is 0 Å². The molecule has 0 aliphatic carbocycles. The molecule has 4 nitrogen and oxygen atoms in total. The summed E-state index contributed by atoms with van der Waals surface area (Å²) in [5.41, 5.74) is 7.26.